The lowest BCUT2D eigenvalue weighted by atomic mass is 10.1. The van der Waals surface area contributed by atoms with Crippen molar-refractivity contribution in [2.45, 2.75) is 97.3 Å². The van der Waals surface area contributed by atoms with Gasteiger partial charge in [0, 0.05) is 45.8 Å². The first-order valence-corrected chi connectivity index (χ1v) is 11.8. The summed E-state index contributed by atoms with van der Waals surface area (Å²) in [6, 6.07) is 0. The molecule has 0 saturated heterocycles. The molecule has 0 aliphatic carbocycles. The summed E-state index contributed by atoms with van der Waals surface area (Å²) in [5.41, 5.74) is 0. The van der Waals surface area contributed by atoms with Gasteiger partial charge in [-0.15, -0.1) is 0 Å². The van der Waals surface area contributed by atoms with Crippen LogP contribution in [0.2, 0.25) is 0 Å². The number of hydrogen-bond acceptors (Lipinski definition) is 5. The second kappa shape index (κ2) is 18.2. The Kier molecular flexibility index (Phi) is 17.3. The number of carbonyl (C=O) groups excluding carboxylic acids is 4. The molecule has 0 spiro atoms. The minimum absolute atomic E-state index is 0.00496. The Balaban J connectivity index is 3.92. The molecular weight excluding hydrogens is 380 g/mol. The van der Waals surface area contributed by atoms with Gasteiger partial charge in [0.05, 0.1) is 13.0 Å². The van der Waals surface area contributed by atoms with E-state index in [2.05, 4.69) is 13.8 Å². The highest BCUT2D eigenvalue weighted by Crippen LogP contribution is 2.06. The zero-order valence-corrected chi connectivity index (χ0v) is 19.8. The lowest BCUT2D eigenvalue weighted by Gasteiger charge is -2.17. The molecular formula is C24H44N2O4. The van der Waals surface area contributed by atoms with E-state index in [4.69, 9.17) is 0 Å². The third-order valence-corrected chi connectivity index (χ3v) is 5.33. The maximum Gasteiger partial charge on any atom is 0.229 e. The average molecular weight is 425 g/mol. The molecule has 0 bridgehead atoms. The van der Waals surface area contributed by atoms with Gasteiger partial charge < -0.3 is 4.90 Å². The van der Waals surface area contributed by atoms with Crippen LogP contribution in [-0.4, -0.2) is 66.8 Å². The molecule has 0 fully saturated rings. The molecule has 0 aromatic carbocycles. The van der Waals surface area contributed by atoms with Crippen LogP contribution >= 0.6 is 0 Å². The number of amides is 1. The third-order valence-electron chi connectivity index (χ3n) is 5.33. The topological polar surface area (TPSA) is 74.8 Å². The van der Waals surface area contributed by atoms with Crippen LogP contribution < -0.4 is 0 Å². The van der Waals surface area contributed by atoms with Crippen LogP contribution in [0.25, 0.3) is 0 Å². The molecule has 0 radical (unpaired) electrons. The van der Waals surface area contributed by atoms with E-state index in [1.807, 2.05) is 11.9 Å². The number of nitrogens with zero attached hydrogens (tertiary/aromatic N) is 2. The number of ketones is 3. The zero-order chi connectivity index (χ0) is 22.8. The van der Waals surface area contributed by atoms with Crippen LogP contribution in [0.15, 0.2) is 0 Å². The third kappa shape index (κ3) is 16.3. The van der Waals surface area contributed by atoms with Gasteiger partial charge >= 0.3 is 0 Å². The van der Waals surface area contributed by atoms with Gasteiger partial charge in [-0.25, -0.2) is 0 Å². The molecule has 0 saturated carbocycles. The van der Waals surface area contributed by atoms with Crippen LogP contribution in [-0.2, 0) is 19.2 Å². The van der Waals surface area contributed by atoms with Gasteiger partial charge in [0.1, 0.15) is 17.3 Å². The van der Waals surface area contributed by atoms with E-state index in [0.717, 1.165) is 32.1 Å². The Labute approximate surface area is 183 Å². The Morgan fingerprint density at radius 1 is 0.600 bits per heavy atom. The molecule has 1 amide bonds. The zero-order valence-electron chi connectivity index (χ0n) is 19.8. The van der Waals surface area contributed by atoms with Gasteiger partial charge in [0.15, 0.2) is 0 Å². The molecule has 0 aromatic heterocycles. The number of Topliss-reactive ketones (excluding diaryl/α,β-unsaturated/α-hetero) is 3. The first kappa shape index (κ1) is 28.4. The molecule has 0 unspecified atom stereocenters. The van der Waals surface area contributed by atoms with Gasteiger partial charge in [-0.2, -0.15) is 0 Å². The summed E-state index contributed by atoms with van der Waals surface area (Å²) in [5, 5.41) is 0. The minimum Gasteiger partial charge on any atom is -0.345 e. The average Bonchev–Trinajstić information content (AvgIpc) is 2.70. The molecule has 174 valence electrons. The van der Waals surface area contributed by atoms with Crippen molar-refractivity contribution in [3.63, 3.8) is 0 Å². The van der Waals surface area contributed by atoms with E-state index in [1.54, 1.807) is 11.9 Å². The monoisotopic (exact) mass is 424 g/mol. The Morgan fingerprint density at radius 3 is 1.87 bits per heavy atom. The summed E-state index contributed by atoms with van der Waals surface area (Å²) in [6.45, 7) is 5.84. The molecule has 6 heteroatoms. The maximum absolute atomic E-state index is 12.1. The molecule has 0 aliphatic rings. The lowest BCUT2D eigenvalue weighted by molar-refractivity contribution is -0.135. The normalized spacial score (nSPS) is 11.0. The fourth-order valence-corrected chi connectivity index (χ4v) is 3.22. The van der Waals surface area contributed by atoms with Gasteiger partial charge in [-0.3, -0.25) is 24.1 Å². The molecule has 0 rings (SSSR count). The Morgan fingerprint density at radius 2 is 1.20 bits per heavy atom. The van der Waals surface area contributed by atoms with Crippen LogP contribution in [0.4, 0.5) is 0 Å². The van der Waals surface area contributed by atoms with Crippen molar-refractivity contribution in [3.8, 4) is 0 Å². The van der Waals surface area contributed by atoms with Gasteiger partial charge in [0.2, 0.25) is 5.91 Å². The van der Waals surface area contributed by atoms with Crippen LogP contribution in [0, 0.1) is 0 Å². The molecule has 0 aliphatic heterocycles. The molecule has 0 heterocycles. The van der Waals surface area contributed by atoms with Crippen molar-refractivity contribution in [2.24, 2.45) is 0 Å². The first-order valence-electron chi connectivity index (χ1n) is 11.8. The Hall–Kier alpha value is -1.56. The van der Waals surface area contributed by atoms with E-state index >= 15 is 0 Å². The van der Waals surface area contributed by atoms with Crippen molar-refractivity contribution in [3.05, 3.63) is 0 Å². The standard InChI is InChI=1S/C24H44N2O4/c1-5-7-9-10-12-17-26(4)24(30)19-22(28)15-14-21(27)16-18-25(3)20-23(29)13-11-8-6-2/h5-20H2,1-4H3. The lowest BCUT2D eigenvalue weighted by Crippen LogP contribution is -2.30. The predicted octanol–water partition coefficient (Wildman–Crippen LogP) is 4.20. The highest BCUT2D eigenvalue weighted by Gasteiger charge is 2.15. The molecule has 6 nitrogen and oxygen atoms in total. The van der Waals surface area contributed by atoms with E-state index in [0.29, 0.717) is 32.5 Å². The van der Waals surface area contributed by atoms with E-state index in [1.165, 1.54) is 19.3 Å². The van der Waals surface area contributed by atoms with E-state index in [-0.39, 0.29) is 42.5 Å². The van der Waals surface area contributed by atoms with Crippen molar-refractivity contribution in [1.29, 1.82) is 0 Å². The highest BCUT2D eigenvalue weighted by atomic mass is 16.2. The van der Waals surface area contributed by atoms with Crippen molar-refractivity contribution in [2.75, 3.05) is 33.7 Å². The maximum atomic E-state index is 12.1. The SMILES string of the molecule is CCCCCCCN(C)C(=O)CC(=O)CCC(=O)CCN(C)CC(=O)CCCCC. The Bertz CT molecular complexity index is 519. The number of carbonyl (C=O) groups is 4. The molecule has 0 atom stereocenters. The van der Waals surface area contributed by atoms with Gasteiger partial charge in [-0.1, -0.05) is 52.4 Å². The predicted molar refractivity (Wildman–Crippen MR) is 122 cm³/mol. The number of unbranched alkanes of at least 4 members (excludes halogenated alkanes) is 6. The summed E-state index contributed by atoms with van der Waals surface area (Å²) >= 11 is 0. The van der Waals surface area contributed by atoms with E-state index in [9.17, 15) is 19.2 Å². The quantitative estimate of drug-likeness (QED) is 0.216. The largest absolute Gasteiger partial charge is 0.345 e. The molecule has 30 heavy (non-hydrogen) atoms. The van der Waals surface area contributed by atoms with Crippen LogP contribution in [0.3, 0.4) is 0 Å². The molecule has 0 N–H and O–H groups in total. The second-order valence-corrected chi connectivity index (χ2v) is 8.47. The van der Waals surface area contributed by atoms with E-state index < -0.39 is 0 Å². The summed E-state index contributed by atoms with van der Waals surface area (Å²) in [7, 11) is 3.58. The molecule has 0 aromatic rings. The van der Waals surface area contributed by atoms with Crippen LogP contribution in [0.1, 0.15) is 97.3 Å². The van der Waals surface area contributed by atoms with Gasteiger partial charge in [0.25, 0.3) is 0 Å². The number of likely N-dealkylation sites (N-methyl/N-ethyl adjacent to an activating group) is 1. The van der Waals surface area contributed by atoms with Gasteiger partial charge in [-0.05, 0) is 19.9 Å². The summed E-state index contributed by atoms with van der Waals surface area (Å²) < 4.78 is 0. The summed E-state index contributed by atoms with van der Waals surface area (Å²) in [4.78, 5) is 51.5. The first-order chi connectivity index (χ1) is 14.3. The number of rotatable bonds is 20. The highest BCUT2D eigenvalue weighted by molar-refractivity contribution is 5.99. The summed E-state index contributed by atoms with van der Waals surface area (Å²) in [5.74, 6) is -0.123. The van der Waals surface area contributed by atoms with Crippen molar-refractivity contribution in [1.82, 2.24) is 9.80 Å². The van der Waals surface area contributed by atoms with Crippen molar-refractivity contribution >= 4 is 23.3 Å². The fourth-order valence-electron chi connectivity index (χ4n) is 3.22. The van der Waals surface area contributed by atoms with Crippen molar-refractivity contribution < 1.29 is 19.2 Å². The fraction of sp³-hybridized carbons (Fsp3) is 0.833. The van der Waals surface area contributed by atoms with Crippen LogP contribution in [0.5, 0.6) is 0 Å². The second-order valence-electron chi connectivity index (χ2n) is 8.47. The number of hydrogen-bond donors (Lipinski definition) is 0. The smallest absolute Gasteiger partial charge is 0.229 e. The minimum atomic E-state index is -0.175. The summed E-state index contributed by atoms with van der Waals surface area (Å²) in [6.07, 6.45) is 9.85.